The lowest BCUT2D eigenvalue weighted by molar-refractivity contribution is 0.544. The quantitative estimate of drug-likeness (QED) is 0.759. The molecule has 4 nitrogen and oxygen atoms in total. The van der Waals surface area contributed by atoms with Gasteiger partial charge in [-0.1, -0.05) is 5.21 Å². The van der Waals surface area contributed by atoms with Crippen LogP contribution in [0.15, 0.2) is 6.20 Å². The van der Waals surface area contributed by atoms with E-state index in [4.69, 9.17) is 5.73 Å². The topological polar surface area (TPSA) is 56.7 Å². The molecule has 1 aromatic rings. The zero-order chi connectivity index (χ0) is 9.97. The molecule has 0 amide bonds. The molecule has 1 atom stereocenters. The summed E-state index contributed by atoms with van der Waals surface area (Å²) in [6.07, 6.45) is 6.70. The summed E-state index contributed by atoms with van der Waals surface area (Å²) < 4.78 is 1.97. The van der Waals surface area contributed by atoms with Crippen LogP contribution in [0.5, 0.6) is 0 Å². The van der Waals surface area contributed by atoms with Crippen LogP contribution in [0.4, 0.5) is 0 Å². The molecule has 0 bridgehead atoms. The van der Waals surface area contributed by atoms with Crippen LogP contribution in [-0.2, 0) is 13.0 Å². The molecular formula is C10H18N4. The smallest absolute Gasteiger partial charge is 0.0827 e. The molecular weight excluding hydrogens is 176 g/mol. The molecule has 1 unspecified atom stereocenters. The number of nitrogens with zero attached hydrogens (tertiary/aromatic N) is 3. The second kappa shape index (κ2) is 4.09. The SMILES string of the molecule is CC(N)CCc1cn(CC2CC2)nn1. The van der Waals surface area contributed by atoms with Gasteiger partial charge in [-0.05, 0) is 38.5 Å². The van der Waals surface area contributed by atoms with Crippen molar-refractivity contribution >= 4 is 0 Å². The van der Waals surface area contributed by atoms with Gasteiger partial charge in [-0.15, -0.1) is 5.10 Å². The molecule has 78 valence electrons. The maximum atomic E-state index is 5.68. The van der Waals surface area contributed by atoms with Gasteiger partial charge in [-0.3, -0.25) is 4.68 Å². The summed E-state index contributed by atoms with van der Waals surface area (Å²) in [5, 5.41) is 8.23. The molecule has 1 aliphatic rings. The largest absolute Gasteiger partial charge is 0.328 e. The average molecular weight is 194 g/mol. The molecule has 2 rings (SSSR count). The summed E-state index contributed by atoms with van der Waals surface area (Å²) in [6, 6.07) is 0.253. The Hall–Kier alpha value is -0.900. The van der Waals surface area contributed by atoms with Crippen molar-refractivity contribution in [3.05, 3.63) is 11.9 Å². The lowest BCUT2D eigenvalue weighted by atomic mass is 10.1. The zero-order valence-electron chi connectivity index (χ0n) is 8.69. The van der Waals surface area contributed by atoms with Crippen molar-refractivity contribution in [3.8, 4) is 0 Å². The van der Waals surface area contributed by atoms with Gasteiger partial charge in [0.1, 0.15) is 0 Å². The van der Waals surface area contributed by atoms with Crippen LogP contribution in [0.25, 0.3) is 0 Å². The van der Waals surface area contributed by atoms with E-state index in [9.17, 15) is 0 Å². The Morgan fingerprint density at radius 2 is 2.43 bits per heavy atom. The summed E-state index contributed by atoms with van der Waals surface area (Å²) in [7, 11) is 0. The zero-order valence-corrected chi connectivity index (χ0v) is 8.69. The summed E-state index contributed by atoms with van der Waals surface area (Å²) in [5.74, 6) is 0.859. The Bertz CT molecular complexity index is 288. The van der Waals surface area contributed by atoms with Crippen LogP contribution in [0.1, 0.15) is 31.9 Å². The van der Waals surface area contributed by atoms with Crippen molar-refractivity contribution < 1.29 is 0 Å². The molecule has 4 heteroatoms. The molecule has 1 aromatic heterocycles. The third-order valence-corrected chi connectivity index (χ3v) is 2.58. The van der Waals surface area contributed by atoms with Gasteiger partial charge >= 0.3 is 0 Å². The number of hydrogen-bond acceptors (Lipinski definition) is 3. The Balaban J connectivity index is 1.82. The van der Waals surface area contributed by atoms with Crippen LogP contribution in [-0.4, -0.2) is 21.0 Å². The van der Waals surface area contributed by atoms with Gasteiger partial charge < -0.3 is 5.73 Å². The minimum Gasteiger partial charge on any atom is -0.328 e. The summed E-state index contributed by atoms with van der Waals surface area (Å²) in [5.41, 5.74) is 6.75. The monoisotopic (exact) mass is 194 g/mol. The van der Waals surface area contributed by atoms with E-state index >= 15 is 0 Å². The maximum absolute atomic E-state index is 5.68. The van der Waals surface area contributed by atoms with Gasteiger partial charge in [0.2, 0.25) is 0 Å². The van der Waals surface area contributed by atoms with Crippen molar-refractivity contribution in [3.63, 3.8) is 0 Å². The molecule has 0 aromatic carbocycles. The van der Waals surface area contributed by atoms with Gasteiger partial charge in [0.05, 0.1) is 5.69 Å². The van der Waals surface area contributed by atoms with Crippen LogP contribution >= 0.6 is 0 Å². The minimum atomic E-state index is 0.253. The van der Waals surface area contributed by atoms with Gasteiger partial charge in [-0.2, -0.15) is 0 Å². The first-order chi connectivity index (χ1) is 6.74. The van der Waals surface area contributed by atoms with Gasteiger partial charge in [0.25, 0.3) is 0 Å². The molecule has 1 saturated carbocycles. The van der Waals surface area contributed by atoms with Crippen LogP contribution < -0.4 is 5.73 Å². The van der Waals surface area contributed by atoms with Crippen molar-refractivity contribution in [2.45, 2.75) is 45.2 Å². The third-order valence-electron chi connectivity index (χ3n) is 2.58. The Morgan fingerprint density at radius 3 is 3.07 bits per heavy atom. The third kappa shape index (κ3) is 2.80. The predicted molar refractivity (Wildman–Crippen MR) is 54.7 cm³/mol. The second-order valence-corrected chi connectivity index (χ2v) is 4.39. The van der Waals surface area contributed by atoms with E-state index in [-0.39, 0.29) is 6.04 Å². The van der Waals surface area contributed by atoms with Crippen molar-refractivity contribution in [1.29, 1.82) is 0 Å². The molecule has 1 fully saturated rings. The number of aryl methyl sites for hydroxylation is 1. The molecule has 0 aliphatic heterocycles. The molecule has 0 saturated heterocycles. The van der Waals surface area contributed by atoms with Crippen LogP contribution in [0, 0.1) is 5.92 Å². The normalized spacial score (nSPS) is 18.4. The highest BCUT2D eigenvalue weighted by Crippen LogP contribution is 2.30. The molecule has 14 heavy (non-hydrogen) atoms. The Labute approximate surface area is 84.5 Å². The maximum Gasteiger partial charge on any atom is 0.0827 e. The average Bonchev–Trinajstić information content (AvgIpc) is 2.81. The number of rotatable bonds is 5. The van der Waals surface area contributed by atoms with Gasteiger partial charge in [-0.25, -0.2) is 0 Å². The van der Waals surface area contributed by atoms with E-state index in [1.54, 1.807) is 0 Å². The van der Waals surface area contributed by atoms with Crippen molar-refractivity contribution in [2.24, 2.45) is 11.7 Å². The van der Waals surface area contributed by atoms with E-state index in [2.05, 4.69) is 16.5 Å². The highest BCUT2D eigenvalue weighted by Gasteiger charge is 2.22. The minimum absolute atomic E-state index is 0.253. The fourth-order valence-corrected chi connectivity index (χ4v) is 1.48. The van der Waals surface area contributed by atoms with E-state index in [0.717, 1.165) is 31.0 Å². The fourth-order valence-electron chi connectivity index (χ4n) is 1.48. The van der Waals surface area contributed by atoms with Crippen molar-refractivity contribution in [2.75, 3.05) is 0 Å². The Kier molecular flexibility index (Phi) is 2.82. The summed E-state index contributed by atoms with van der Waals surface area (Å²) in [6.45, 7) is 3.07. The molecule has 2 N–H and O–H groups in total. The molecule has 1 heterocycles. The highest BCUT2D eigenvalue weighted by molar-refractivity contribution is 4.93. The van der Waals surface area contributed by atoms with Crippen LogP contribution in [0.2, 0.25) is 0 Å². The first kappa shape index (κ1) is 9.65. The second-order valence-electron chi connectivity index (χ2n) is 4.39. The fraction of sp³-hybridized carbons (Fsp3) is 0.800. The van der Waals surface area contributed by atoms with Gasteiger partial charge in [0, 0.05) is 18.8 Å². The van der Waals surface area contributed by atoms with Crippen molar-refractivity contribution in [1.82, 2.24) is 15.0 Å². The standard InChI is InChI=1S/C10H18N4/c1-8(11)2-5-10-7-14(13-12-10)6-9-3-4-9/h7-9H,2-6,11H2,1H3. The number of nitrogens with two attached hydrogens (primary N) is 1. The van der Waals surface area contributed by atoms with E-state index in [1.165, 1.54) is 12.8 Å². The first-order valence-electron chi connectivity index (χ1n) is 5.38. The molecule has 1 aliphatic carbocycles. The number of aromatic nitrogens is 3. The summed E-state index contributed by atoms with van der Waals surface area (Å²) >= 11 is 0. The van der Waals surface area contributed by atoms with E-state index in [0.29, 0.717) is 0 Å². The Morgan fingerprint density at radius 1 is 1.64 bits per heavy atom. The summed E-state index contributed by atoms with van der Waals surface area (Å²) in [4.78, 5) is 0. The highest BCUT2D eigenvalue weighted by atomic mass is 15.4. The van der Waals surface area contributed by atoms with E-state index in [1.807, 2.05) is 11.6 Å². The van der Waals surface area contributed by atoms with Crippen LogP contribution in [0.3, 0.4) is 0 Å². The lowest BCUT2D eigenvalue weighted by Crippen LogP contribution is -2.15. The van der Waals surface area contributed by atoms with Gasteiger partial charge in [0.15, 0.2) is 0 Å². The van der Waals surface area contributed by atoms with E-state index < -0.39 is 0 Å². The first-order valence-corrected chi connectivity index (χ1v) is 5.38. The predicted octanol–water partition coefficient (Wildman–Crippen LogP) is 0.968. The number of hydrogen-bond donors (Lipinski definition) is 1. The molecule has 0 radical (unpaired) electrons. The molecule has 0 spiro atoms. The lowest BCUT2D eigenvalue weighted by Gasteiger charge is -2.00.